The second-order valence-corrected chi connectivity index (χ2v) is 1.68. The number of carbonyl (C=O) groups is 2. The van der Waals surface area contributed by atoms with Gasteiger partial charge in [-0.3, -0.25) is 15.0 Å². The molecule has 1 heterocycles. The van der Waals surface area contributed by atoms with Crippen molar-refractivity contribution < 1.29 is 9.59 Å². The monoisotopic (exact) mass is 138 g/mol. The molecule has 1 aliphatic rings. The molecule has 1 rings (SSSR count). The molecule has 0 aromatic heterocycles. The molecule has 2 N–H and O–H groups in total. The highest BCUT2D eigenvalue weighted by atomic mass is 16.2. The summed E-state index contributed by atoms with van der Waals surface area (Å²) in [6.45, 7) is 0. The molecule has 0 spiro atoms. The molecular formula is C6H6N2O2. The first-order valence-corrected chi connectivity index (χ1v) is 2.74. The van der Waals surface area contributed by atoms with Crippen LogP contribution in [0.15, 0.2) is 24.4 Å². The van der Waals surface area contributed by atoms with Gasteiger partial charge in [0.05, 0.1) is 0 Å². The van der Waals surface area contributed by atoms with Crippen molar-refractivity contribution in [3.63, 3.8) is 0 Å². The molecule has 0 unspecified atom stereocenters. The normalized spacial score (nSPS) is 17.2. The van der Waals surface area contributed by atoms with Crippen molar-refractivity contribution in [1.29, 1.82) is 0 Å². The molecule has 0 saturated carbocycles. The van der Waals surface area contributed by atoms with E-state index in [0.717, 1.165) is 0 Å². The number of carbonyl (C=O) groups excluding carboxylic acids is 2. The van der Waals surface area contributed by atoms with E-state index < -0.39 is 11.7 Å². The van der Waals surface area contributed by atoms with Crippen molar-refractivity contribution in [2.45, 2.75) is 0 Å². The minimum atomic E-state index is -0.652. The standard InChI is InChI=1S/C6H6N2O2/c9-5-3-1-2-4-7-8-6(5)10/h1-4,7H,(H,8,10). The molecule has 0 atom stereocenters. The van der Waals surface area contributed by atoms with Crippen LogP contribution in [0.5, 0.6) is 0 Å². The summed E-state index contributed by atoms with van der Waals surface area (Å²) >= 11 is 0. The van der Waals surface area contributed by atoms with E-state index in [1.54, 1.807) is 6.08 Å². The Kier molecular flexibility index (Phi) is 1.84. The predicted molar refractivity (Wildman–Crippen MR) is 34.6 cm³/mol. The molecule has 0 radical (unpaired) electrons. The van der Waals surface area contributed by atoms with Crippen LogP contribution < -0.4 is 10.9 Å². The lowest BCUT2D eigenvalue weighted by Gasteiger charge is -2.01. The number of rotatable bonds is 0. The summed E-state index contributed by atoms with van der Waals surface area (Å²) in [4.78, 5) is 21.2. The fraction of sp³-hybridized carbons (Fsp3) is 0. The van der Waals surface area contributed by atoms with Gasteiger partial charge in [-0.15, -0.1) is 0 Å². The van der Waals surface area contributed by atoms with E-state index in [-0.39, 0.29) is 0 Å². The third-order valence-corrected chi connectivity index (χ3v) is 0.948. The second-order valence-electron chi connectivity index (χ2n) is 1.68. The molecule has 4 nitrogen and oxygen atoms in total. The summed E-state index contributed by atoms with van der Waals surface area (Å²) in [5.74, 6) is -1.21. The van der Waals surface area contributed by atoms with Crippen molar-refractivity contribution >= 4 is 11.7 Å². The Balaban J connectivity index is 2.73. The van der Waals surface area contributed by atoms with Gasteiger partial charge in [-0.25, -0.2) is 0 Å². The third kappa shape index (κ3) is 1.45. The highest BCUT2D eigenvalue weighted by molar-refractivity contribution is 6.40. The summed E-state index contributed by atoms with van der Waals surface area (Å²) in [6.07, 6.45) is 5.82. The lowest BCUT2D eigenvalue weighted by Crippen LogP contribution is -2.38. The highest BCUT2D eigenvalue weighted by Crippen LogP contribution is 1.81. The summed E-state index contributed by atoms with van der Waals surface area (Å²) < 4.78 is 0. The fourth-order valence-corrected chi connectivity index (χ4v) is 0.491. The predicted octanol–water partition coefficient (Wildman–Crippen LogP) is -0.740. The molecule has 10 heavy (non-hydrogen) atoms. The zero-order valence-corrected chi connectivity index (χ0v) is 5.13. The zero-order chi connectivity index (χ0) is 7.40. The Bertz CT molecular complexity index is 218. The topological polar surface area (TPSA) is 58.2 Å². The van der Waals surface area contributed by atoms with Gasteiger partial charge < -0.3 is 5.43 Å². The van der Waals surface area contributed by atoms with Gasteiger partial charge in [-0.1, -0.05) is 6.08 Å². The van der Waals surface area contributed by atoms with Gasteiger partial charge in [0.2, 0.25) is 5.78 Å². The van der Waals surface area contributed by atoms with Crippen LogP contribution in [0.4, 0.5) is 0 Å². The zero-order valence-electron chi connectivity index (χ0n) is 5.13. The Morgan fingerprint density at radius 1 is 1.20 bits per heavy atom. The fourth-order valence-electron chi connectivity index (χ4n) is 0.491. The van der Waals surface area contributed by atoms with Gasteiger partial charge in [-0.05, 0) is 12.2 Å². The number of allylic oxidation sites excluding steroid dienone is 2. The Hall–Kier alpha value is -1.58. The van der Waals surface area contributed by atoms with Crippen LogP contribution in [0.1, 0.15) is 0 Å². The molecule has 52 valence electrons. The summed E-state index contributed by atoms with van der Waals surface area (Å²) in [6, 6.07) is 0. The minimum Gasteiger partial charge on any atom is -0.306 e. The molecule has 0 aliphatic carbocycles. The van der Waals surface area contributed by atoms with E-state index >= 15 is 0 Å². The number of hydrogen-bond acceptors (Lipinski definition) is 3. The Labute approximate surface area is 57.6 Å². The first-order chi connectivity index (χ1) is 4.80. The third-order valence-electron chi connectivity index (χ3n) is 0.948. The lowest BCUT2D eigenvalue weighted by molar-refractivity contribution is -0.135. The lowest BCUT2D eigenvalue weighted by atomic mass is 10.3. The maximum absolute atomic E-state index is 10.6. The van der Waals surface area contributed by atoms with Crippen molar-refractivity contribution in [2.75, 3.05) is 0 Å². The van der Waals surface area contributed by atoms with Gasteiger partial charge in [0.15, 0.2) is 0 Å². The molecule has 0 fully saturated rings. The SMILES string of the molecule is O=C1C=CC=CNNC1=O. The van der Waals surface area contributed by atoms with E-state index in [9.17, 15) is 9.59 Å². The van der Waals surface area contributed by atoms with Gasteiger partial charge in [-0.2, -0.15) is 0 Å². The maximum atomic E-state index is 10.6. The summed E-state index contributed by atoms with van der Waals surface area (Å²) in [5.41, 5.74) is 4.57. The van der Waals surface area contributed by atoms with Crippen molar-refractivity contribution in [1.82, 2.24) is 10.9 Å². The smallest absolute Gasteiger partial charge is 0.306 e. The first kappa shape index (κ1) is 6.54. The van der Waals surface area contributed by atoms with Crippen LogP contribution >= 0.6 is 0 Å². The van der Waals surface area contributed by atoms with E-state index in [1.807, 2.05) is 0 Å². The number of hydrogen-bond donors (Lipinski definition) is 2. The van der Waals surface area contributed by atoms with E-state index in [4.69, 9.17) is 0 Å². The molecule has 0 aromatic rings. The van der Waals surface area contributed by atoms with E-state index in [1.165, 1.54) is 18.4 Å². The Morgan fingerprint density at radius 2 is 2.00 bits per heavy atom. The quantitative estimate of drug-likeness (QED) is 0.433. The van der Waals surface area contributed by atoms with Gasteiger partial charge in [0, 0.05) is 6.20 Å². The number of nitrogens with one attached hydrogen (secondary N) is 2. The average molecular weight is 138 g/mol. The molecule has 0 saturated heterocycles. The molecule has 4 heteroatoms. The van der Waals surface area contributed by atoms with Crippen LogP contribution in [-0.2, 0) is 9.59 Å². The van der Waals surface area contributed by atoms with E-state index in [0.29, 0.717) is 0 Å². The van der Waals surface area contributed by atoms with Crippen LogP contribution in [0, 0.1) is 0 Å². The average Bonchev–Trinajstić information content (AvgIpc) is 1.92. The van der Waals surface area contributed by atoms with Gasteiger partial charge in [0.25, 0.3) is 0 Å². The number of hydrazine groups is 1. The maximum Gasteiger partial charge on any atom is 0.310 e. The summed E-state index contributed by atoms with van der Waals surface area (Å²) in [5, 5.41) is 0. The number of amides is 1. The molecular weight excluding hydrogens is 132 g/mol. The molecule has 1 amide bonds. The van der Waals surface area contributed by atoms with Gasteiger partial charge in [0.1, 0.15) is 0 Å². The van der Waals surface area contributed by atoms with Crippen molar-refractivity contribution in [3.05, 3.63) is 24.4 Å². The van der Waals surface area contributed by atoms with Crippen LogP contribution in [0.25, 0.3) is 0 Å². The largest absolute Gasteiger partial charge is 0.310 e. The van der Waals surface area contributed by atoms with E-state index in [2.05, 4.69) is 10.9 Å². The Morgan fingerprint density at radius 3 is 2.80 bits per heavy atom. The molecule has 1 aliphatic heterocycles. The second kappa shape index (κ2) is 2.82. The van der Waals surface area contributed by atoms with Gasteiger partial charge >= 0.3 is 5.91 Å². The molecule has 0 bridgehead atoms. The van der Waals surface area contributed by atoms with Crippen LogP contribution in [-0.4, -0.2) is 11.7 Å². The molecule has 0 aromatic carbocycles. The minimum absolute atomic E-state index is 0.558. The van der Waals surface area contributed by atoms with Crippen molar-refractivity contribution in [2.24, 2.45) is 0 Å². The van der Waals surface area contributed by atoms with Crippen molar-refractivity contribution in [3.8, 4) is 0 Å². The number of ketones is 1. The van der Waals surface area contributed by atoms with Crippen LogP contribution in [0.2, 0.25) is 0 Å². The summed E-state index contributed by atoms with van der Waals surface area (Å²) in [7, 11) is 0. The first-order valence-electron chi connectivity index (χ1n) is 2.74. The highest BCUT2D eigenvalue weighted by Gasteiger charge is 2.07. The van der Waals surface area contributed by atoms with Crippen LogP contribution in [0.3, 0.4) is 0 Å².